The molecule has 7 nitrogen and oxygen atoms in total. The highest BCUT2D eigenvalue weighted by Crippen LogP contribution is 2.33. The van der Waals surface area contributed by atoms with Gasteiger partial charge in [0.2, 0.25) is 21.6 Å². The average Bonchev–Trinajstić information content (AvgIpc) is 2.57. The number of ketones is 2. The lowest BCUT2D eigenvalue weighted by molar-refractivity contribution is 0.0943. The maximum Gasteiger partial charge on any atom is 0.238 e. The molecule has 9 heteroatoms. The fraction of sp³-hybridized carbons (Fsp3) is 0. The van der Waals surface area contributed by atoms with Crippen LogP contribution in [0.4, 0.5) is 5.69 Å². The van der Waals surface area contributed by atoms with Crippen LogP contribution in [0.3, 0.4) is 0 Å². The van der Waals surface area contributed by atoms with Gasteiger partial charge in [0.25, 0.3) is 0 Å². The van der Waals surface area contributed by atoms with Crippen molar-refractivity contribution in [3.05, 3.63) is 64.4 Å². The molecule has 0 saturated heterocycles. The van der Waals surface area contributed by atoms with E-state index in [1.807, 2.05) is 0 Å². The van der Waals surface area contributed by atoms with Gasteiger partial charge in [-0.15, -0.1) is 0 Å². The minimum absolute atomic E-state index is 0.0268. The number of nitrogen functional groups attached to an aromatic ring is 1. The summed E-state index contributed by atoms with van der Waals surface area (Å²) >= 11 is 5.99. The Bertz CT molecular complexity index is 1060. The number of nitrogens with two attached hydrogens (primary N) is 2. The molecule has 0 unspecified atom stereocenters. The van der Waals surface area contributed by atoms with Crippen LogP contribution < -0.4 is 15.6 Å². The Balaban J connectivity index is 2.03. The maximum atomic E-state index is 12.5. The molecule has 0 radical (unpaired) electrons. The summed E-state index contributed by atoms with van der Waals surface area (Å²) in [4.78, 5) is 24.6. The zero-order chi connectivity index (χ0) is 18.4. The van der Waals surface area contributed by atoms with E-state index in [9.17, 15) is 18.0 Å². The number of hydrogen-bond acceptors (Lipinski definition) is 6. The molecule has 0 bridgehead atoms. The highest BCUT2D eigenvalue weighted by Gasteiger charge is 2.33. The summed E-state index contributed by atoms with van der Waals surface area (Å²) in [7, 11) is -3.94. The van der Waals surface area contributed by atoms with Gasteiger partial charge in [0.1, 0.15) is 5.03 Å². The summed E-state index contributed by atoms with van der Waals surface area (Å²) in [6, 6.07) is 9.67. The van der Waals surface area contributed by atoms with Crippen LogP contribution in [0.15, 0.2) is 58.2 Å². The molecule has 0 amide bonds. The summed E-state index contributed by atoms with van der Waals surface area (Å²) in [6.07, 6.45) is 0. The number of carbonyl (C=O) groups excluding carboxylic acids is 2. The fourth-order valence-electron chi connectivity index (χ4n) is 2.32. The number of fused-ring (bicyclic) bond motifs is 1. The number of hydrogen-bond donors (Lipinski definition) is 2. The van der Waals surface area contributed by atoms with Crippen molar-refractivity contribution in [2.45, 2.75) is 4.90 Å². The van der Waals surface area contributed by atoms with Crippen LogP contribution in [-0.2, 0) is 10.0 Å². The third kappa shape index (κ3) is 3.02. The van der Waals surface area contributed by atoms with Gasteiger partial charge in [0, 0.05) is 11.1 Å². The van der Waals surface area contributed by atoms with E-state index in [1.165, 1.54) is 24.3 Å². The molecule has 0 atom stereocenters. The molecule has 0 fully saturated rings. The van der Waals surface area contributed by atoms with Crippen molar-refractivity contribution in [3.8, 4) is 5.75 Å². The van der Waals surface area contributed by atoms with Crippen molar-refractivity contribution in [1.29, 1.82) is 0 Å². The van der Waals surface area contributed by atoms with Crippen LogP contribution >= 0.6 is 11.6 Å². The first-order chi connectivity index (χ1) is 11.7. The number of allylic oxidation sites excluding steroid dienone is 2. The number of anilines is 1. The Kier molecular flexibility index (Phi) is 4.11. The number of benzene rings is 2. The van der Waals surface area contributed by atoms with Crippen LogP contribution in [0, 0.1) is 0 Å². The quantitative estimate of drug-likeness (QED) is 0.783. The van der Waals surface area contributed by atoms with Gasteiger partial charge in [-0.2, -0.15) is 0 Å². The predicted molar refractivity (Wildman–Crippen MR) is 90.8 cm³/mol. The van der Waals surface area contributed by atoms with E-state index in [4.69, 9.17) is 27.2 Å². The molecule has 1 aliphatic carbocycles. The van der Waals surface area contributed by atoms with Crippen LogP contribution in [0.5, 0.6) is 5.75 Å². The van der Waals surface area contributed by atoms with Gasteiger partial charge >= 0.3 is 0 Å². The second-order valence-electron chi connectivity index (χ2n) is 5.19. The Morgan fingerprint density at radius 1 is 0.960 bits per heavy atom. The molecule has 25 heavy (non-hydrogen) atoms. The number of ether oxygens (including phenoxy) is 1. The molecule has 2 aromatic carbocycles. The molecule has 0 spiro atoms. The minimum atomic E-state index is -3.94. The van der Waals surface area contributed by atoms with Gasteiger partial charge in [-0.25, -0.2) is 13.6 Å². The van der Waals surface area contributed by atoms with Gasteiger partial charge < -0.3 is 10.5 Å². The summed E-state index contributed by atoms with van der Waals surface area (Å²) in [5.74, 6) is -1.52. The standard InChI is InChI=1S/C16H11ClN2O5S/c17-13-14(20)9-3-1-2-4-10(9)15(21)16(13)24-12-6-5-8(7-11(12)18)25(19,22)23/h1-7H,18H2,(H2,19,22,23). The van der Waals surface area contributed by atoms with Crippen LogP contribution in [0.2, 0.25) is 0 Å². The molecule has 0 heterocycles. The first-order valence-electron chi connectivity index (χ1n) is 6.88. The molecular formula is C16H11ClN2O5S. The Hall–Kier alpha value is -2.68. The Morgan fingerprint density at radius 3 is 2.12 bits per heavy atom. The number of sulfonamides is 1. The van der Waals surface area contributed by atoms with E-state index in [1.54, 1.807) is 12.1 Å². The van der Waals surface area contributed by atoms with E-state index in [2.05, 4.69) is 0 Å². The molecular weight excluding hydrogens is 368 g/mol. The van der Waals surface area contributed by atoms with E-state index in [-0.39, 0.29) is 38.3 Å². The Morgan fingerprint density at radius 2 is 1.56 bits per heavy atom. The highest BCUT2D eigenvalue weighted by atomic mass is 35.5. The minimum Gasteiger partial charge on any atom is -0.449 e. The smallest absolute Gasteiger partial charge is 0.238 e. The molecule has 2 aromatic rings. The molecule has 1 aliphatic rings. The van der Waals surface area contributed by atoms with Gasteiger partial charge in [-0.3, -0.25) is 9.59 Å². The van der Waals surface area contributed by atoms with Gasteiger partial charge in [-0.1, -0.05) is 35.9 Å². The number of Topliss-reactive ketones (excluding diaryl/α,β-unsaturated/α-hetero) is 2. The fourth-order valence-corrected chi connectivity index (χ4v) is 3.10. The van der Waals surface area contributed by atoms with Gasteiger partial charge in [0.15, 0.2) is 11.5 Å². The number of primary sulfonamides is 1. The van der Waals surface area contributed by atoms with Crippen molar-refractivity contribution < 1.29 is 22.7 Å². The van der Waals surface area contributed by atoms with Crippen molar-refractivity contribution in [2.75, 3.05) is 5.73 Å². The molecule has 3 rings (SSSR count). The molecule has 0 saturated carbocycles. The van der Waals surface area contributed by atoms with Gasteiger partial charge in [0.05, 0.1) is 10.6 Å². The number of carbonyl (C=O) groups is 2. The number of rotatable bonds is 3. The summed E-state index contributed by atoms with van der Waals surface area (Å²) in [5, 5.41) is 4.65. The summed E-state index contributed by atoms with van der Waals surface area (Å²) < 4.78 is 28.1. The van der Waals surface area contributed by atoms with Crippen molar-refractivity contribution in [2.24, 2.45) is 5.14 Å². The summed E-state index contributed by atoms with van der Waals surface area (Å²) in [6.45, 7) is 0. The van der Waals surface area contributed by atoms with E-state index < -0.39 is 21.6 Å². The molecule has 0 aromatic heterocycles. The summed E-state index contributed by atoms with van der Waals surface area (Å²) in [5.41, 5.74) is 6.01. The maximum absolute atomic E-state index is 12.5. The van der Waals surface area contributed by atoms with E-state index in [0.29, 0.717) is 0 Å². The van der Waals surface area contributed by atoms with Crippen LogP contribution in [0.1, 0.15) is 20.7 Å². The van der Waals surface area contributed by atoms with Crippen LogP contribution in [-0.4, -0.2) is 20.0 Å². The molecule has 4 N–H and O–H groups in total. The highest BCUT2D eigenvalue weighted by molar-refractivity contribution is 7.89. The number of halogens is 1. The lowest BCUT2D eigenvalue weighted by Gasteiger charge is -2.18. The Labute approximate surface area is 147 Å². The van der Waals surface area contributed by atoms with Crippen molar-refractivity contribution >= 4 is 38.9 Å². The van der Waals surface area contributed by atoms with Crippen LogP contribution in [0.25, 0.3) is 0 Å². The molecule has 128 valence electrons. The topological polar surface area (TPSA) is 130 Å². The van der Waals surface area contributed by atoms with Crippen molar-refractivity contribution in [3.63, 3.8) is 0 Å². The third-order valence-corrected chi connectivity index (χ3v) is 4.80. The van der Waals surface area contributed by atoms with E-state index >= 15 is 0 Å². The van der Waals surface area contributed by atoms with Crippen molar-refractivity contribution in [1.82, 2.24) is 0 Å². The second-order valence-corrected chi connectivity index (χ2v) is 7.13. The lowest BCUT2D eigenvalue weighted by Crippen LogP contribution is -2.23. The average molecular weight is 379 g/mol. The zero-order valence-corrected chi connectivity index (χ0v) is 14.1. The lowest BCUT2D eigenvalue weighted by atomic mass is 9.93. The monoisotopic (exact) mass is 378 g/mol. The zero-order valence-electron chi connectivity index (χ0n) is 12.5. The van der Waals surface area contributed by atoms with E-state index in [0.717, 1.165) is 6.07 Å². The predicted octanol–water partition coefficient (Wildman–Crippen LogP) is 1.82. The molecule has 0 aliphatic heterocycles. The van der Waals surface area contributed by atoms with Gasteiger partial charge in [-0.05, 0) is 18.2 Å². The SMILES string of the molecule is Nc1cc(S(N)(=O)=O)ccc1OC1=C(Cl)C(=O)c2ccccc2C1=O. The normalized spacial score (nSPS) is 14.5. The first-order valence-corrected chi connectivity index (χ1v) is 8.81. The largest absolute Gasteiger partial charge is 0.449 e. The third-order valence-electron chi connectivity index (χ3n) is 3.54. The second kappa shape index (κ2) is 5.99. The first kappa shape index (κ1) is 17.2.